The average Bonchev–Trinajstić information content (AvgIpc) is 3.74. The summed E-state index contributed by atoms with van der Waals surface area (Å²) in [6, 6.07) is 18.1. The number of nitrogens with one attached hydrogen (secondary N) is 2. The maximum absolute atomic E-state index is 12.8. The fourth-order valence-corrected chi connectivity index (χ4v) is 6.43. The SMILES string of the molecule is CCc1ccccc1N1C(=O)CS/C1=N\C(=S)NC(=O)NC1Cc2ccc(-c3ncn(-c4ccc(OC(F)(F)F)cc4)n3)cc2C1. The third-order valence-electron chi connectivity index (χ3n) is 7.36. The number of fused-ring (bicyclic) bond motifs is 1. The fourth-order valence-electron chi connectivity index (χ4n) is 5.32. The lowest BCUT2D eigenvalue weighted by molar-refractivity contribution is -0.274. The lowest BCUT2D eigenvalue weighted by Crippen LogP contribution is -2.44. The van der Waals surface area contributed by atoms with Gasteiger partial charge in [-0.25, -0.2) is 14.5 Å². The minimum Gasteiger partial charge on any atom is -0.406 e. The van der Waals surface area contributed by atoms with Gasteiger partial charge in [-0.3, -0.25) is 15.0 Å². The molecular weight excluding hydrogens is 640 g/mol. The van der Waals surface area contributed by atoms with E-state index in [4.69, 9.17) is 12.2 Å². The number of amidine groups is 1. The second kappa shape index (κ2) is 12.9. The van der Waals surface area contributed by atoms with E-state index < -0.39 is 12.4 Å². The molecule has 4 aromatic rings. The zero-order chi connectivity index (χ0) is 32.4. The number of nitrogens with zero attached hydrogens (tertiary/aromatic N) is 5. The number of aryl methyl sites for hydroxylation is 1. The predicted molar refractivity (Wildman–Crippen MR) is 172 cm³/mol. The number of hydrogen-bond acceptors (Lipinski definition) is 7. The van der Waals surface area contributed by atoms with E-state index in [0.717, 1.165) is 34.4 Å². The van der Waals surface area contributed by atoms with Crippen LogP contribution >= 0.6 is 24.0 Å². The number of alkyl halides is 3. The predicted octanol–water partition coefficient (Wildman–Crippen LogP) is 5.58. The Morgan fingerprint density at radius 2 is 1.87 bits per heavy atom. The Bertz CT molecular complexity index is 1840. The lowest BCUT2D eigenvalue weighted by atomic mass is 10.1. The quantitative estimate of drug-likeness (QED) is 0.259. The van der Waals surface area contributed by atoms with Gasteiger partial charge in [0.05, 0.1) is 17.1 Å². The van der Waals surface area contributed by atoms with Crippen molar-refractivity contribution < 1.29 is 27.5 Å². The Balaban J connectivity index is 1.06. The second-order valence-electron chi connectivity index (χ2n) is 10.4. The number of hydrogen-bond donors (Lipinski definition) is 2. The molecule has 3 aromatic carbocycles. The van der Waals surface area contributed by atoms with Crippen molar-refractivity contribution in [1.29, 1.82) is 0 Å². The zero-order valence-corrected chi connectivity index (χ0v) is 25.9. The first kappa shape index (κ1) is 31.2. The van der Waals surface area contributed by atoms with E-state index in [-0.39, 0.29) is 28.6 Å². The van der Waals surface area contributed by atoms with Crippen LogP contribution in [-0.2, 0) is 24.1 Å². The number of aromatic nitrogens is 3. The number of para-hydroxylation sites is 1. The van der Waals surface area contributed by atoms with Crippen molar-refractivity contribution in [3.8, 4) is 22.8 Å². The number of ether oxygens (including phenoxy) is 1. The maximum atomic E-state index is 12.8. The Morgan fingerprint density at radius 1 is 1.11 bits per heavy atom. The molecule has 1 aromatic heterocycles. The number of aliphatic imine (C=N–C) groups is 1. The van der Waals surface area contributed by atoms with Gasteiger partial charge in [0, 0.05) is 11.6 Å². The number of thioether (sulfide) groups is 1. The van der Waals surface area contributed by atoms with Gasteiger partial charge < -0.3 is 10.1 Å². The monoisotopic (exact) mass is 665 g/mol. The van der Waals surface area contributed by atoms with Crippen LogP contribution in [0.3, 0.4) is 0 Å². The van der Waals surface area contributed by atoms with E-state index in [2.05, 4.69) is 30.4 Å². The number of halogens is 3. The number of urea groups is 1. The number of benzene rings is 3. The van der Waals surface area contributed by atoms with Crippen LogP contribution in [0.15, 0.2) is 78.0 Å². The van der Waals surface area contributed by atoms with Crippen LogP contribution in [0.4, 0.5) is 23.7 Å². The number of thiocarbonyl (C=S) groups is 1. The summed E-state index contributed by atoms with van der Waals surface area (Å²) in [6.07, 6.45) is -1.35. The van der Waals surface area contributed by atoms with Gasteiger partial charge in [-0.1, -0.05) is 49.0 Å². The fraction of sp³-hybridized carbons (Fsp3) is 0.226. The van der Waals surface area contributed by atoms with E-state index in [1.807, 2.05) is 49.4 Å². The van der Waals surface area contributed by atoms with Crippen LogP contribution < -0.4 is 20.3 Å². The second-order valence-corrected chi connectivity index (χ2v) is 11.8. The molecule has 1 atom stereocenters. The van der Waals surface area contributed by atoms with Crippen molar-refractivity contribution >= 4 is 51.9 Å². The van der Waals surface area contributed by atoms with Crippen molar-refractivity contribution in [1.82, 2.24) is 25.4 Å². The summed E-state index contributed by atoms with van der Waals surface area (Å²) in [7, 11) is 0. The van der Waals surface area contributed by atoms with E-state index in [1.54, 1.807) is 4.90 Å². The van der Waals surface area contributed by atoms with Gasteiger partial charge in [-0.05, 0) is 84.6 Å². The number of carbonyl (C=O) groups excluding carboxylic acids is 2. The number of carbonyl (C=O) groups is 2. The summed E-state index contributed by atoms with van der Waals surface area (Å²) < 4.78 is 42.7. The molecule has 1 aliphatic heterocycles. The zero-order valence-electron chi connectivity index (χ0n) is 24.2. The van der Waals surface area contributed by atoms with Crippen molar-refractivity contribution in [3.63, 3.8) is 0 Å². The van der Waals surface area contributed by atoms with E-state index >= 15 is 0 Å². The van der Waals surface area contributed by atoms with Crippen LogP contribution in [0.25, 0.3) is 17.1 Å². The molecule has 2 N–H and O–H groups in total. The molecule has 0 spiro atoms. The molecule has 10 nitrogen and oxygen atoms in total. The van der Waals surface area contributed by atoms with Gasteiger partial charge in [0.1, 0.15) is 12.1 Å². The highest BCUT2D eigenvalue weighted by atomic mass is 32.2. The summed E-state index contributed by atoms with van der Waals surface area (Å²) in [4.78, 5) is 35.8. The molecule has 1 saturated heterocycles. The normalized spacial score (nSPS) is 16.9. The van der Waals surface area contributed by atoms with Gasteiger partial charge in [-0.15, -0.1) is 18.3 Å². The highest BCUT2D eigenvalue weighted by molar-refractivity contribution is 8.15. The van der Waals surface area contributed by atoms with Gasteiger partial charge >= 0.3 is 12.4 Å². The molecule has 0 radical (unpaired) electrons. The van der Waals surface area contributed by atoms with Crippen molar-refractivity contribution in [2.75, 3.05) is 10.7 Å². The number of amides is 3. The van der Waals surface area contributed by atoms with E-state index in [1.165, 1.54) is 47.0 Å². The Morgan fingerprint density at radius 3 is 2.63 bits per heavy atom. The van der Waals surface area contributed by atoms with Crippen LogP contribution in [0.1, 0.15) is 23.6 Å². The van der Waals surface area contributed by atoms with Crippen molar-refractivity contribution in [2.24, 2.45) is 4.99 Å². The Kier molecular flexibility index (Phi) is 8.77. The number of rotatable bonds is 6. The molecule has 3 amide bonds. The molecule has 6 rings (SSSR count). The first-order valence-corrected chi connectivity index (χ1v) is 15.6. The molecule has 2 aliphatic rings. The highest BCUT2D eigenvalue weighted by Crippen LogP contribution is 2.31. The molecule has 1 unspecified atom stereocenters. The molecule has 0 bridgehead atoms. The van der Waals surface area contributed by atoms with Crippen molar-refractivity contribution in [3.05, 3.63) is 89.7 Å². The standard InChI is InChI=1S/C31H26F3N7O3S2/c1-2-18-5-3-4-6-25(18)41-26(42)16-46-30(41)38-29(45)37-28(43)36-22-14-19-7-8-20(13-21(19)15-22)27-35-17-40(39-27)23-9-11-24(12-10-23)44-31(32,33)34/h3-13,17,22H,2,14-16H2,1H3,(H2,36,37,43,45)/b38-30-. The van der Waals surface area contributed by atoms with E-state index in [9.17, 15) is 22.8 Å². The summed E-state index contributed by atoms with van der Waals surface area (Å²) in [6.45, 7) is 2.01. The highest BCUT2D eigenvalue weighted by Gasteiger charge is 2.32. The molecular formula is C31H26F3N7O3S2. The van der Waals surface area contributed by atoms with Gasteiger partial charge in [-0.2, -0.15) is 4.99 Å². The van der Waals surface area contributed by atoms with Gasteiger partial charge in [0.25, 0.3) is 0 Å². The Labute approximate surface area is 271 Å². The van der Waals surface area contributed by atoms with Crippen LogP contribution in [-0.4, -0.2) is 55.1 Å². The molecule has 46 heavy (non-hydrogen) atoms. The minimum atomic E-state index is -4.77. The summed E-state index contributed by atoms with van der Waals surface area (Å²) in [5.41, 5.74) is 5.14. The summed E-state index contributed by atoms with van der Waals surface area (Å²) >= 11 is 6.61. The Hall–Kier alpha value is -4.76. The van der Waals surface area contributed by atoms with Crippen LogP contribution in [0.5, 0.6) is 5.75 Å². The number of anilines is 1. The van der Waals surface area contributed by atoms with Crippen molar-refractivity contribution in [2.45, 2.75) is 38.6 Å². The molecule has 0 saturated carbocycles. The third kappa shape index (κ3) is 7.05. The topological polar surface area (TPSA) is 114 Å². The first-order valence-electron chi connectivity index (χ1n) is 14.2. The van der Waals surface area contributed by atoms with Crippen LogP contribution in [0.2, 0.25) is 0 Å². The third-order valence-corrected chi connectivity index (χ3v) is 8.47. The minimum absolute atomic E-state index is 0.0457. The van der Waals surface area contributed by atoms with Gasteiger partial charge in [0.15, 0.2) is 11.0 Å². The maximum Gasteiger partial charge on any atom is 0.573 e. The van der Waals surface area contributed by atoms with Crippen LogP contribution in [0, 0.1) is 0 Å². The lowest BCUT2D eigenvalue weighted by Gasteiger charge is -2.19. The summed E-state index contributed by atoms with van der Waals surface area (Å²) in [5, 5.41) is 10.4. The molecule has 2 heterocycles. The van der Waals surface area contributed by atoms with E-state index in [0.29, 0.717) is 29.5 Å². The molecule has 15 heteroatoms. The summed E-state index contributed by atoms with van der Waals surface area (Å²) in [5.74, 6) is 0.246. The first-order chi connectivity index (χ1) is 22.1. The largest absolute Gasteiger partial charge is 0.573 e. The average molecular weight is 666 g/mol. The smallest absolute Gasteiger partial charge is 0.406 e. The molecule has 1 fully saturated rings. The molecule has 236 valence electrons. The van der Waals surface area contributed by atoms with Gasteiger partial charge in [0.2, 0.25) is 11.0 Å². The molecule has 1 aliphatic carbocycles.